The third kappa shape index (κ3) is 5.21. The second-order valence-corrected chi connectivity index (χ2v) is 11.1. The van der Waals surface area contributed by atoms with Crippen LogP contribution in [0, 0.1) is 11.8 Å². The molecule has 1 atom stereocenters. The van der Waals surface area contributed by atoms with Crippen LogP contribution >= 0.6 is 11.6 Å². The molecule has 2 aromatic heterocycles. The molecule has 1 N–H and O–H groups in total. The normalized spacial score (nSPS) is 21.0. The lowest BCUT2D eigenvalue weighted by atomic mass is 9.78. The number of carbonyl (C=O) groups excluding carboxylic acids is 3. The zero-order valence-electron chi connectivity index (χ0n) is 21.9. The van der Waals surface area contributed by atoms with Crippen molar-refractivity contribution in [2.45, 2.75) is 38.1 Å². The summed E-state index contributed by atoms with van der Waals surface area (Å²) < 4.78 is 0. The van der Waals surface area contributed by atoms with Crippen LogP contribution in [0.15, 0.2) is 79.1 Å². The maximum Gasteiger partial charge on any atom is 0.256 e. The summed E-state index contributed by atoms with van der Waals surface area (Å²) in [5.41, 5.74) is 3.01. The van der Waals surface area contributed by atoms with Gasteiger partial charge >= 0.3 is 0 Å². The number of halogens is 1. The van der Waals surface area contributed by atoms with E-state index in [1.165, 1.54) is 0 Å². The Morgan fingerprint density at radius 2 is 1.73 bits per heavy atom. The molecule has 2 aliphatic rings. The van der Waals surface area contributed by atoms with E-state index in [2.05, 4.69) is 15.3 Å². The van der Waals surface area contributed by atoms with Gasteiger partial charge in [0.05, 0.1) is 16.8 Å². The number of rotatable bonds is 6. The number of nitrogens with one attached hydrogen (secondary N) is 1. The first kappa shape index (κ1) is 26.1. The van der Waals surface area contributed by atoms with Crippen LogP contribution in [0.25, 0.3) is 10.9 Å². The number of ketones is 1. The molecule has 2 amide bonds. The van der Waals surface area contributed by atoms with Crippen molar-refractivity contribution < 1.29 is 14.4 Å². The molecule has 6 rings (SSSR count). The van der Waals surface area contributed by atoms with E-state index in [0.717, 1.165) is 42.3 Å². The Bertz CT molecular complexity index is 1580. The number of pyridine rings is 2. The Kier molecular flexibility index (Phi) is 7.30. The number of fused-ring (bicyclic) bond motifs is 2. The number of Topliss-reactive ketones (excluding diaryl/α,β-unsaturated/α-hetero) is 1. The summed E-state index contributed by atoms with van der Waals surface area (Å²) in [4.78, 5) is 51.4. The summed E-state index contributed by atoms with van der Waals surface area (Å²) in [6.07, 6.45) is 6.78. The number of amides is 2. The van der Waals surface area contributed by atoms with Crippen LogP contribution in [-0.4, -0.2) is 45.1 Å². The maximum absolute atomic E-state index is 13.9. The van der Waals surface area contributed by atoms with Gasteiger partial charge < -0.3 is 10.2 Å². The van der Waals surface area contributed by atoms with Gasteiger partial charge in [0.2, 0.25) is 5.91 Å². The van der Waals surface area contributed by atoms with Gasteiger partial charge in [-0.05, 0) is 74.1 Å². The number of carbonyl (C=O) groups is 3. The number of para-hydroxylation sites is 1. The molecule has 8 heteroatoms. The highest BCUT2D eigenvalue weighted by molar-refractivity contribution is 6.31. The van der Waals surface area contributed by atoms with E-state index < -0.39 is 6.04 Å². The summed E-state index contributed by atoms with van der Waals surface area (Å²) in [5, 5.41) is 4.33. The van der Waals surface area contributed by atoms with Gasteiger partial charge in [-0.15, -0.1) is 0 Å². The molecule has 0 saturated heterocycles. The summed E-state index contributed by atoms with van der Waals surface area (Å²) in [7, 11) is 0. The number of hydrogen-bond donors (Lipinski definition) is 1. The molecular formula is C32H29ClN4O3. The smallest absolute Gasteiger partial charge is 0.256 e. The number of benzene rings is 2. The van der Waals surface area contributed by atoms with E-state index in [1.54, 1.807) is 35.5 Å². The molecule has 0 spiro atoms. The van der Waals surface area contributed by atoms with Crippen molar-refractivity contribution in [3.8, 4) is 0 Å². The average molecular weight is 553 g/mol. The fourth-order valence-corrected chi connectivity index (χ4v) is 6.17. The first-order chi connectivity index (χ1) is 19.5. The largest absolute Gasteiger partial charge is 0.326 e. The van der Waals surface area contributed by atoms with Crippen molar-refractivity contribution in [2.75, 3.05) is 11.9 Å². The molecule has 1 aliphatic carbocycles. The van der Waals surface area contributed by atoms with Crippen molar-refractivity contribution in [2.24, 2.45) is 11.8 Å². The Morgan fingerprint density at radius 1 is 0.925 bits per heavy atom. The van der Waals surface area contributed by atoms with E-state index in [-0.39, 0.29) is 29.4 Å². The van der Waals surface area contributed by atoms with Crippen LogP contribution in [0.3, 0.4) is 0 Å². The summed E-state index contributed by atoms with van der Waals surface area (Å²) in [6, 6.07) is 19.4. The van der Waals surface area contributed by atoms with Gasteiger partial charge in [-0.1, -0.05) is 35.9 Å². The number of aromatic nitrogens is 2. The predicted molar refractivity (Wildman–Crippen MR) is 154 cm³/mol. The average Bonchev–Trinajstić information content (AvgIpc) is 3.07. The molecule has 0 bridgehead atoms. The molecule has 7 nitrogen and oxygen atoms in total. The molecular weight excluding hydrogens is 524 g/mol. The lowest BCUT2D eigenvalue weighted by Gasteiger charge is -2.35. The van der Waals surface area contributed by atoms with Crippen molar-refractivity contribution in [1.29, 1.82) is 0 Å². The highest BCUT2D eigenvalue weighted by Gasteiger charge is 2.38. The molecule has 1 aliphatic heterocycles. The highest BCUT2D eigenvalue weighted by atomic mass is 35.5. The molecule has 40 heavy (non-hydrogen) atoms. The number of nitrogens with zero attached hydrogens (tertiary/aromatic N) is 3. The monoisotopic (exact) mass is 552 g/mol. The third-order valence-corrected chi connectivity index (χ3v) is 8.34. The topological polar surface area (TPSA) is 92.3 Å². The molecule has 202 valence electrons. The summed E-state index contributed by atoms with van der Waals surface area (Å²) in [6.45, 7) is 0.433. The van der Waals surface area contributed by atoms with Crippen LogP contribution in [0.4, 0.5) is 5.69 Å². The lowest BCUT2D eigenvalue weighted by molar-refractivity contribution is -0.120. The van der Waals surface area contributed by atoms with Gasteiger partial charge in [0.15, 0.2) is 5.78 Å². The van der Waals surface area contributed by atoms with E-state index in [4.69, 9.17) is 11.6 Å². The Hall–Kier alpha value is -4.10. The van der Waals surface area contributed by atoms with Crippen LogP contribution in [0.1, 0.15) is 52.1 Å². The first-order valence-corrected chi connectivity index (χ1v) is 14.0. The second kappa shape index (κ2) is 11.2. The molecule has 3 heterocycles. The van der Waals surface area contributed by atoms with Crippen LogP contribution in [-0.2, 0) is 11.2 Å². The first-order valence-electron chi connectivity index (χ1n) is 13.7. The maximum atomic E-state index is 13.9. The van der Waals surface area contributed by atoms with Gasteiger partial charge in [0.25, 0.3) is 5.91 Å². The Morgan fingerprint density at radius 3 is 2.52 bits per heavy atom. The van der Waals surface area contributed by atoms with Gasteiger partial charge in [0.1, 0.15) is 6.04 Å². The van der Waals surface area contributed by atoms with Gasteiger partial charge in [-0.25, -0.2) is 0 Å². The zero-order chi connectivity index (χ0) is 27.6. The minimum atomic E-state index is -0.713. The quantitative estimate of drug-likeness (QED) is 0.297. The molecule has 0 radical (unpaired) electrons. The van der Waals surface area contributed by atoms with Crippen molar-refractivity contribution in [3.05, 3.63) is 101 Å². The SMILES string of the molecule is O=C(c1cccc2cccnc12)C1CCC(CN2C(=O)c3ccc(Cl)cc3NC(=O)C2Cc2ccccn2)CC1. The number of anilines is 1. The summed E-state index contributed by atoms with van der Waals surface area (Å²) >= 11 is 6.18. The van der Waals surface area contributed by atoms with E-state index >= 15 is 0 Å². The molecule has 4 aromatic rings. The van der Waals surface area contributed by atoms with Crippen molar-refractivity contribution in [1.82, 2.24) is 14.9 Å². The third-order valence-electron chi connectivity index (χ3n) is 8.11. The number of hydrogen-bond acceptors (Lipinski definition) is 5. The summed E-state index contributed by atoms with van der Waals surface area (Å²) in [5.74, 6) is -0.240. The Labute approximate surface area is 237 Å². The second-order valence-electron chi connectivity index (χ2n) is 10.6. The van der Waals surface area contributed by atoms with E-state index in [9.17, 15) is 14.4 Å². The Balaban J connectivity index is 1.21. The lowest BCUT2D eigenvalue weighted by Crippen LogP contribution is -2.49. The van der Waals surface area contributed by atoms with Crippen LogP contribution in [0.5, 0.6) is 0 Å². The minimum Gasteiger partial charge on any atom is -0.326 e. The van der Waals surface area contributed by atoms with Crippen molar-refractivity contribution >= 4 is 45.8 Å². The van der Waals surface area contributed by atoms with Crippen molar-refractivity contribution in [3.63, 3.8) is 0 Å². The predicted octanol–water partition coefficient (Wildman–Crippen LogP) is 5.98. The molecule has 2 aromatic carbocycles. The molecule has 1 unspecified atom stereocenters. The molecule has 1 saturated carbocycles. The van der Waals surface area contributed by atoms with Gasteiger partial charge in [-0.3, -0.25) is 24.4 Å². The van der Waals surface area contributed by atoms with Crippen LogP contribution < -0.4 is 5.32 Å². The zero-order valence-corrected chi connectivity index (χ0v) is 22.7. The van der Waals surface area contributed by atoms with Gasteiger partial charge in [-0.2, -0.15) is 0 Å². The highest BCUT2D eigenvalue weighted by Crippen LogP contribution is 2.35. The van der Waals surface area contributed by atoms with Crippen LogP contribution in [0.2, 0.25) is 5.02 Å². The standard InChI is InChI=1S/C32H29ClN4O3/c33-23-13-14-25-27(17-23)36-31(39)28(18-24-7-1-2-15-34-24)37(32(25)40)19-20-9-11-22(12-10-20)30(38)26-8-3-5-21-6-4-16-35-29(21)26/h1-8,13-17,20,22,28H,9-12,18-19H2,(H,36,39). The van der Waals surface area contributed by atoms with E-state index in [1.807, 2.05) is 48.5 Å². The van der Waals surface area contributed by atoms with E-state index in [0.29, 0.717) is 34.8 Å². The fraction of sp³-hybridized carbons (Fsp3) is 0.281. The molecule has 1 fully saturated rings. The van der Waals surface area contributed by atoms with Gasteiger partial charge in [0, 0.05) is 52.9 Å². The fourth-order valence-electron chi connectivity index (χ4n) is 6.00. The minimum absolute atomic E-state index is 0.0841.